The average molecular weight is 179 g/mol. The van der Waals surface area contributed by atoms with E-state index in [4.69, 9.17) is 9.57 Å². The first kappa shape index (κ1) is 9.58. The van der Waals surface area contributed by atoms with Crippen molar-refractivity contribution >= 4 is 6.21 Å². The molecule has 0 saturated carbocycles. The summed E-state index contributed by atoms with van der Waals surface area (Å²) in [5.41, 5.74) is 1.05. The van der Waals surface area contributed by atoms with Crippen LogP contribution in [0.25, 0.3) is 0 Å². The molecule has 0 heterocycles. The SMILES string of the molecule is CC=NOCc1cccc(OC)c1. The summed E-state index contributed by atoms with van der Waals surface area (Å²) in [7, 11) is 1.64. The Bertz CT molecular complexity index is 284. The standard InChI is InChI=1S/C10H13NO2/c1-3-11-13-8-9-5-4-6-10(7-9)12-2/h3-7H,8H2,1-2H3. The minimum Gasteiger partial charge on any atom is -0.497 e. The van der Waals surface area contributed by atoms with Crippen molar-refractivity contribution in [3.63, 3.8) is 0 Å². The van der Waals surface area contributed by atoms with Gasteiger partial charge in [-0.15, -0.1) is 0 Å². The summed E-state index contributed by atoms with van der Waals surface area (Å²) >= 11 is 0. The van der Waals surface area contributed by atoms with E-state index in [0.29, 0.717) is 6.61 Å². The number of nitrogens with zero attached hydrogens (tertiary/aromatic N) is 1. The van der Waals surface area contributed by atoms with E-state index in [1.807, 2.05) is 31.2 Å². The van der Waals surface area contributed by atoms with Gasteiger partial charge in [-0.2, -0.15) is 0 Å². The first-order valence-corrected chi connectivity index (χ1v) is 4.09. The molecular weight excluding hydrogens is 166 g/mol. The summed E-state index contributed by atoms with van der Waals surface area (Å²) in [5.74, 6) is 0.835. The van der Waals surface area contributed by atoms with Crippen LogP contribution in [0.3, 0.4) is 0 Å². The largest absolute Gasteiger partial charge is 0.497 e. The van der Waals surface area contributed by atoms with Gasteiger partial charge in [-0.05, 0) is 24.6 Å². The van der Waals surface area contributed by atoms with Gasteiger partial charge in [-0.1, -0.05) is 17.3 Å². The lowest BCUT2D eigenvalue weighted by Gasteiger charge is -2.02. The van der Waals surface area contributed by atoms with E-state index in [2.05, 4.69) is 5.16 Å². The van der Waals surface area contributed by atoms with Gasteiger partial charge in [0.2, 0.25) is 0 Å². The van der Waals surface area contributed by atoms with Crippen LogP contribution in [0.4, 0.5) is 0 Å². The molecular formula is C10H13NO2. The molecule has 3 heteroatoms. The molecule has 0 unspecified atom stereocenters. The molecule has 0 bridgehead atoms. The molecule has 0 fully saturated rings. The molecule has 0 N–H and O–H groups in total. The first-order chi connectivity index (χ1) is 6.36. The number of ether oxygens (including phenoxy) is 1. The Hall–Kier alpha value is -1.51. The molecule has 0 aliphatic carbocycles. The molecule has 1 aromatic carbocycles. The second-order valence-corrected chi connectivity index (χ2v) is 2.49. The van der Waals surface area contributed by atoms with E-state index in [1.54, 1.807) is 13.3 Å². The number of benzene rings is 1. The van der Waals surface area contributed by atoms with Crippen LogP contribution < -0.4 is 4.74 Å². The zero-order valence-corrected chi connectivity index (χ0v) is 7.86. The van der Waals surface area contributed by atoms with Crippen molar-refractivity contribution in [3.05, 3.63) is 29.8 Å². The lowest BCUT2D eigenvalue weighted by atomic mass is 10.2. The molecule has 0 radical (unpaired) electrons. The highest BCUT2D eigenvalue weighted by Crippen LogP contribution is 2.12. The lowest BCUT2D eigenvalue weighted by Crippen LogP contribution is -1.88. The molecule has 1 rings (SSSR count). The van der Waals surface area contributed by atoms with E-state index >= 15 is 0 Å². The van der Waals surface area contributed by atoms with Gasteiger partial charge in [-0.25, -0.2) is 0 Å². The fourth-order valence-corrected chi connectivity index (χ4v) is 0.949. The highest BCUT2D eigenvalue weighted by molar-refractivity contribution is 5.52. The predicted octanol–water partition coefficient (Wildman–Crippen LogP) is 2.22. The Morgan fingerprint density at radius 1 is 1.46 bits per heavy atom. The van der Waals surface area contributed by atoms with Gasteiger partial charge in [0.05, 0.1) is 7.11 Å². The lowest BCUT2D eigenvalue weighted by molar-refractivity contribution is 0.131. The van der Waals surface area contributed by atoms with E-state index in [-0.39, 0.29) is 0 Å². The summed E-state index contributed by atoms with van der Waals surface area (Å²) in [6.45, 7) is 2.28. The van der Waals surface area contributed by atoms with E-state index in [0.717, 1.165) is 11.3 Å². The molecule has 70 valence electrons. The van der Waals surface area contributed by atoms with Crippen molar-refractivity contribution < 1.29 is 9.57 Å². The Morgan fingerprint density at radius 3 is 3.00 bits per heavy atom. The van der Waals surface area contributed by atoms with Crippen LogP contribution >= 0.6 is 0 Å². The van der Waals surface area contributed by atoms with Gasteiger partial charge >= 0.3 is 0 Å². The van der Waals surface area contributed by atoms with Gasteiger partial charge in [-0.3, -0.25) is 0 Å². The predicted molar refractivity (Wildman–Crippen MR) is 51.9 cm³/mol. The maximum Gasteiger partial charge on any atom is 0.142 e. The van der Waals surface area contributed by atoms with Crippen molar-refractivity contribution in [1.29, 1.82) is 0 Å². The van der Waals surface area contributed by atoms with E-state index in [9.17, 15) is 0 Å². The fraction of sp³-hybridized carbons (Fsp3) is 0.300. The molecule has 0 saturated heterocycles. The van der Waals surface area contributed by atoms with Crippen molar-refractivity contribution in [2.45, 2.75) is 13.5 Å². The monoisotopic (exact) mass is 179 g/mol. The Balaban J connectivity index is 2.56. The zero-order valence-electron chi connectivity index (χ0n) is 7.86. The molecule has 13 heavy (non-hydrogen) atoms. The van der Waals surface area contributed by atoms with Crippen LogP contribution in [0, 0.1) is 0 Å². The molecule has 0 atom stereocenters. The molecule has 0 amide bonds. The minimum absolute atomic E-state index is 0.474. The number of rotatable bonds is 4. The Kier molecular flexibility index (Phi) is 3.82. The second-order valence-electron chi connectivity index (χ2n) is 2.49. The quantitative estimate of drug-likeness (QED) is 0.524. The third kappa shape index (κ3) is 3.15. The number of hydrogen-bond acceptors (Lipinski definition) is 3. The molecule has 3 nitrogen and oxygen atoms in total. The normalized spacial score (nSPS) is 10.3. The van der Waals surface area contributed by atoms with Gasteiger partial charge in [0.25, 0.3) is 0 Å². The third-order valence-electron chi connectivity index (χ3n) is 1.55. The van der Waals surface area contributed by atoms with Gasteiger partial charge < -0.3 is 9.57 Å². The first-order valence-electron chi connectivity index (χ1n) is 4.09. The van der Waals surface area contributed by atoms with Crippen LogP contribution in [-0.4, -0.2) is 13.3 Å². The summed E-state index contributed by atoms with van der Waals surface area (Å²) in [4.78, 5) is 4.98. The maximum atomic E-state index is 5.07. The third-order valence-corrected chi connectivity index (χ3v) is 1.55. The van der Waals surface area contributed by atoms with E-state index < -0.39 is 0 Å². The highest BCUT2D eigenvalue weighted by Gasteiger charge is 1.94. The van der Waals surface area contributed by atoms with Gasteiger partial charge in [0.15, 0.2) is 0 Å². The van der Waals surface area contributed by atoms with Gasteiger partial charge in [0, 0.05) is 6.21 Å². The van der Waals surface area contributed by atoms with Crippen LogP contribution in [0.2, 0.25) is 0 Å². The van der Waals surface area contributed by atoms with Gasteiger partial charge in [0.1, 0.15) is 12.4 Å². The number of hydrogen-bond donors (Lipinski definition) is 0. The molecule has 0 aliphatic rings. The average Bonchev–Trinajstić information content (AvgIpc) is 2.19. The number of methoxy groups -OCH3 is 1. The molecule has 0 spiro atoms. The van der Waals surface area contributed by atoms with Crippen molar-refractivity contribution in [2.75, 3.05) is 7.11 Å². The van der Waals surface area contributed by atoms with Crippen LogP contribution in [0.5, 0.6) is 5.75 Å². The summed E-state index contributed by atoms with van der Waals surface area (Å²) in [5, 5.41) is 3.66. The van der Waals surface area contributed by atoms with Crippen molar-refractivity contribution in [1.82, 2.24) is 0 Å². The topological polar surface area (TPSA) is 30.8 Å². The molecule has 0 aliphatic heterocycles. The van der Waals surface area contributed by atoms with Crippen molar-refractivity contribution in [3.8, 4) is 5.75 Å². The number of oxime groups is 1. The maximum absolute atomic E-state index is 5.07. The van der Waals surface area contributed by atoms with Crippen LogP contribution in [-0.2, 0) is 11.4 Å². The Labute approximate surface area is 78.0 Å². The van der Waals surface area contributed by atoms with E-state index in [1.165, 1.54) is 0 Å². The minimum atomic E-state index is 0.474. The fourth-order valence-electron chi connectivity index (χ4n) is 0.949. The molecule has 0 aromatic heterocycles. The summed E-state index contributed by atoms with van der Waals surface area (Å²) in [6, 6.07) is 7.71. The van der Waals surface area contributed by atoms with Crippen LogP contribution in [0.15, 0.2) is 29.4 Å². The highest BCUT2D eigenvalue weighted by atomic mass is 16.6. The van der Waals surface area contributed by atoms with Crippen LogP contribution in [0.1, 0.15) is 12.5 Å². The summed E-state index contributed by atoms with van der Waals surface area (Å²) < 4.78 is 5.07. The molecule has 1 aromatic rings. The van der Waals surface area contributed by atoms with Crippen molar-refractivity contribution in [2.24, 2.45) is 5.16 Å². The summed E-state index contributed by atoms with van der Waals surface area (Å²) in [6.07, 6.45) is 1.61. The second kappa shape index (κ2) is 5.19. The smallest absolute Gasteiger partial charge is 0.142 e. The zero-order chi connectivity index (χ0) is 9.52. The Morgan fingerprint density at radius 2 is 2.31 bits per heavy atom.